The van der Waals surface area contributed by atoms with Gasteiger partial charge in [0.25, 0.3) is 5.91 Å². The van der Waals surface area contributed by atoms with Gasteiger partial charge in [0, 0.05) is 50.4 Å². The van der Waals surface area contributed by atoms with Crippen LogP contribution in [0.1, 0.15) is 30.0 Å². The molecule has 0 aliphatic carbocycles. The Morgan fingerprint density at radius 3 is 2.67 bits per heavy atom. The number of halogens is 1. The Morgan fingerprint density at radius 1 is 1.19 bits per heavy atom. The first-order chi connectivity index (χ1) is 17.4. The smallest absolute Gasteiger partial charge is 0.256 e. The maximum absolute atomic E-state index is 13.4. The lowest BCUT2D eigenvalue weighted by molar-refractivity contribution is -0.164. The van der Waals surface area contributed by atoms with Crippen molar-refractivity contribution < 1.29 is 18.7 Å². The highest BCUT2D eigenvalue weighted by atomic mass is 19.1. The van der Waals surface area contributed by atoms with E-state index in [4.69, 9.17) is 4.74 Å². The number of nitrogens with zero attached hydrogens (tertiary/aromatic N) is 4. The third-order valence-electron chi connectivity index (χ3n) is 6.29. The van der Waals surface area contributed by atoms with E-state index in [-0.39, 0.29) is 18.4 Å². The summed E-state index contributed by atoms with van der Waals surface area (Å²) in [4.78, 5) is 34.7. The first-order valence-electron chi connectivity index (χ1n) is 12.5. The van der Waals surface area contributed by atoms with E-state index in [0.29, 0.717) is 32.8 Å². The Balaban J connectivity index is 1.60. The molecule has 1 saturated heterocycles. The van der Waals surface area contributed by atoms with Crippen LogP contribution in [0.5, 0.6) is 0 Å². The number of rotatable bonds is 12. The molecule has 3 rings (SSSR count). The molecule has 196 valence electrons. The predicted octanol–water partition coefficient (Wildman–Crippen LogP) is 2.27. The zero-order valence-electron chi connectivity index (χ0n) is 21.5. The molecule has 8 nitrogen and oxygen atoms in total. The summed E-state index contributed by atoms with van der Waals surface area (Å²) in [6.45, 7) is 4.55. The van der Waals surface area contributed by atoms with E-state index >= 15 is 0 Å². The van der Waals surface area contributed by atoms with E-state index in [0.717, 1.165) is 29.8 Å². The summed E-state index contributed by atoms with van der Waals surface area (Å²) < 4.78 is 19.5. The number of likely N-dealkylation sites (N-methyl/N-ethyl adjacent to an activating group) is 2. The van der Waals surface area contributed by atoms with Gasteiger partial charge in [-0.05, 0) is 45.1 Å². The highest BCUT2D eigenvalue weighted by Crippen LogP contribution is 2.30. The minimum Gasteiger partial charge on any atom is -0.354 e. The summed E-state index contributed by atoms with van der Waals surface area (Å²) in [5.74, 6) is -0.463. The SMILES string of the molecule is CCN(CCN(C)C)C(=O)CNCc1cc(C2OCC(Cc3ccccc3)CN2C(=O)CF)ccn1. The predicted molar refractivity (Wildman–Crippen MR) is 137 cm³/mol. The van der Waals surface area contributed by atoms with Crippen LogP contribution in [0.3, 0.4) is 0 Å². The van der Waals surface area contributed by atoms with Crippen molar-refractivity contribution in [3.63, 3.8) is 0 Å². The van der Waals surface area contributed by atoms with Crippen molar-refractivity contribution in [1.29, 1.82) is 0 Å². The number of amides is 2. The van der Waals surface area contributed by atoms with Gasteiger partial charge in [-0.2, -0.15) is 0 Å². The van der Waals surface area contributed by atoms with Gasteiger partial charge < -0.3 is 24.8 Å². The number of hydrogen-bond donors (Lipinski definition) is 1. The maximum Gasteiger partial charge on any atom is 0.256 e. The van der Waals surface area contributed by atoms with Gasteiger partial charge >= 0.3 is 0 Å². The van der Waals surface area contributed by atoms with Crippen molar-refractivity contribution >= 4 is 11.8 Å². The van der Waals surface area contributed by atoms with Gasteiger partial charge in [0.1, 0.15) is 0 Å². The van der Waals surface area contributed by atoms with Crippen molar-refractivity contribution in [2.45, 2.75) is 26.1 Å². The van der Waals surface area contributed by atoms with Crippen LogP contribution in [-0.2, 0) is 27.3 Å². The molecule has 0 radical (unpaired) electrons. The van der Waals surface area contributed by atoms with Crippen molar-refractivity contribution in [2.75, 3.05) is 60.1 Å². The molecule has 1 aliphatic rings. The van der Waals surface area contributed by atoms with Gasteiger partial charge in [0.2, 0.25) is 5.91 Å². The molecular weight excluding hydrogens is 461 g/mol. The van der Waals surface area contributed by atoms with Gasteiger partial charge in [0.05, 0.1) is 18.8 Å². The number of aromatic nitrogens is 1. The van der Waals surface area contributed by atoms with Gasteiger partial charge in [-0.15, -0.1) is 0 Å². The maximum atomic E-state index is 13.4. The lowest BCUT2D eigenvalue weighted by atomic mass is 9.97. The molecule has 1 aliphatic heterocycles. The van der Waals surface area contributed by atoms with Gasteiger partial charge in [-0.1, -0.05) is 30.3 Å². The summed E-state index contributed by atoms with van der Waals surface area (Å²) in [5, 5.41) is 3.16. The van der Waals surface area contributed by atoms with Crippen molar-refractivity contribution in [2.24, 2.45) is 5.92 Å². The molecule has 2 amide bonds. The largest absolute Gasteiger partial charge is 0.354 e. The Morgan fingerprint density at radius 2 is 1.97 bits per heavy atom. The van der Waals surface area contributed by atoms with Gasteiger partial charge in [-0.3, -0.25) is 14.6 Å². The highest BCUT2D eigenvalue weighted by molar-refractivity contribution is 5.78. The average Bonchev–Trinajstić information content (AvgIpc) is 2.89. The Labute approximate surface area is 213 Å². The second kappa shape index (κ2) is 14.0. The molecule has 0 bridgehead atoms. The zero-order valence-corrected chi connectivity index (χ0v) is 21.5. The molecule has 2 heterocycles. The molecule has 1 N–H and O–H groups in total. The Kier molecular flexibility index (Phi) is 10.8. The van der Waals surface area contributed by atoms with Crippen molar-refractivity contribution in [3.05, 3.63) is 65.5 Å². The van der Waals surface area contributed by atoms with Crippen LogP contribution in [0, 0.1) is 5.92 Å². The van der Waals surface area contributed by atoms with Crippen LogP contribution >= 0.6 is 0 Å². The fourth-order valence-corrected chi connectivity index (χ4v) is 4.34. The highest BCUT2D eigenvalue weighted by Gasteiger charge is 2.33. The minimum atomic E-state index is -1.07. The number of carbonyl (C=O) groups excluding carboxylic acids is 2. The van der Waals surface area contributed by atoms with Gasteiger partial charge in [0.15, 0.2) is 12.9 Å². The molecule has 0 spiro atoms. The fraction of sp³-hybridized carbons (Fsp3) is 0.519. The standard InChI is InChI=1S/C27H38FN5O3/c1-4-32(13-12-31(2)3)26(35)18-29-17-24-15-23(10-11-30-24)27-33(25(34)16-28)19-22(20-36-27)14-21-8-6-5-7-9-21/h5-11,15,22,27,29H,4,12-14,16-20H2,1-3H3. The Hall–Kier alpha value is -2.88. The third kappa shape index (κ3) is 8.08. The lowest BCUT2D eigenvalue weighted by Gasteiger charge is -2.39. The molecule has 2 aromatic rings. The first kappa shape index (κ1) is 27.7. The number of ether oxygens (including phenoxy) is 1. The molecule has 1 aromatic heterocycles. The molecule has 9 heteroatoms. The van der Waals surface area contributed by atoms with Crippen LogP contribution in [0.4, 0.5) is 4.39 Å². The lowest BCUT2D eigenvalue weighted by Crippen LogP contribution is -2.46. The number of alkyl halides is 1. The van der Waals surface area contributed by atoms with Crippen LogP contribution in [0.2, 0.25) is 0 Å². The molecule has 1 fully saturated rings. The number of hydrogen-bond acceptors (Lipinski definition) is 6. The van der Waals surface area contributed by atoms with Crippen LogP contribution in [0.15, 0.2) is 48.7 Å². The van der Waals surface area contributed by atoms with Crippen LogP contribution in [0.25, 0.3) is 0 Å². The molecular formula is C27H38FN5O3. The van der Waals surface area contributed by atoms with E-state index in [1.54, 1.807) is 12.3 Å². The minimum absolute atomic E-state index is 0.0373. The summed E-state index contributed by atoms with van der Waals surface area (Å²) >= 11 is 0. The van der Waals surface area contributed by atoms with Gasteiger partial charge in [-0.25, -0.2) is 4.39 Å². The Bertz CT molecular complexity index is 975. The van der Waals surface area contributed by atoms with Crippen molar-refractivity contribution in [3.8, 4) is 0 Å². The van der Waals surface area contributed by atoms with Crippen LogP contribution < -0.4 is 5.32 Å². The zero-order chi connectivity index (χ0) is 25.9. The second-order valence-electron chi connectivity index (χ2n) is 9.38. The third-order valence-corrected chi connectivity index (χ3v) is 6.29. The van der Waals surface area contributed by atoms with E-state index in [2.05, 4.69) is 10.3 Å². The molecule has 36 heavy (non-hydrogen) atoms. The summed E-state index contributed by atoms with van der Waals surface area (Å²) in [6, 6.07) is 13.7. The topological polar surface area (TPSA) is 78.0 Å². The monoisotopic (exact) mass is 499 g/mol. The molecule has 0 saturated carbocycles. The van der Waals surface area contributed by atoms with Crippen molar-refractivity contribution in [1.82, 2.24) is 25.0 Å². The van der Waals surface area contributed by atoms with E-state index in [9.17, 15) is 14.0 Å². The quantitative estimate of drug-likeness (QED) is 0.483. The summed E-state index contributed by atoms with van der Waals surface area (Å²) in [6.07, 6.45) is 1.75. The van der Waals surface area contributed by atoms with E-state index in [1.165, 1.54) is 4.90 Å². The second-order valence-corrected chi connectivity index (χ2v) is 9.38. The number of pyridine rings is 1. The molecule has 2 unspecified atom stereocenters. The number of nitrogens with one attached hydrogen (secondary N) is 1. The fourth-order valence-electron chi connectivity index (χ4n) is 4.34. The average molecular weight is 500 g/mol. The van der Waals surface area contributed by atoms with E-state index < -0.39 is 18.8 Å². The molecule has 1 aromatic carbocycles. The molecule has 2 atom stereocenters. The van der Waals surface area contributed by atoms with E-state index in [1.807, 2.05) is 67.2 Å². The number of benzene rings is 1. The first-order valence-corrected chi connectivity index (χ1v) is 12.5. The number of carbonyl (C=O) groups is 2. The normalized spacial score (nSPS) is 17.9. The summed E-state index contributed by atoms with van der Waals surface area (Å²) in [7, 11) is 3.97. The summed E-state index contributed by atoms with van der Waals surface area (Å²) in [5.41, 5.74) is 2.63. The van der Waals surface area contributed by atoms with Crippen LogP contribution in [-0.4, -0.2) is 91.6 Å².